The quantitative estimate of drug-likeness (QED) is 0.393. The molecule has 0 amide bonds. The second-order valence-corrected chi connectivity index (χ2v) is 10.5. The van der Waals surface area contributed by atoms with Gasteiger partial charge in [0.2, 0.25) is 0 Å². The Balaban J connectivity index is 0. The molecule has 2 rings (SSSR count). The molecule has 3 heteroatoms. The molecule has 0 atom stereocenters. The third-order valence-electron chi connectivity index (χ3n) is 2.50. The van der Waals surface area contributed by atoms with E-state index in [2.05, 4.69) is 4.90 Å². The number of rotatable bonds is 0. The van der Waals surface area contributed by atoms with Crippen LogP contribution in [-0.4, -0.2) is 4.90 Å². The molecule has 0 aliphatic heterocycles. The molecule has 2 saturated carbocycles. The van der Waals surface area contributed by atoms with Crippen molar-refractivity contribution >= 4 is 23.7 Å². The maximum Gasteiger partial charge on any atom is -0.358 e. The van der Waals surface area contributed by atoms with E-state index in [0.29, 0.717) is 0 Å². The molecule has 0 saturated heterocycles. The zero-order chi connectivity index (χ0) is 10.6. The van der Waals surface area contributed by atoms with Crippen LogP contribution in [0.3, 0.4) is 0 Å². The van der Waals surface area contributed by atoms with E-state index >= 15 is 0 Å². The average molecular weight is 336 g/mol. The van der Waals surface area contributed by atoms with Gasteiger partial charge in [0.05, 0.1) is 0 Å². The molecule has 0 radical (unpaired) electrons. The summed E-state index contributed by atoms with van der Waals surface area (Å²) in [7, 11) is 10.2. The standard InChI is InChI=1S/2C5H10.CH3.CH2.2ClH.Mo/c2*1-2-4-5-3-1;;;;;/h2*1-5H2;1H3;1H2;2*1H;/q;;-1;;;;+2/p-2. The van der Waals surface area contributed by atoms with Crippen molar-refractivity contribution < 1.29 is 14.8 Å². The maximum absolute atomic E-state index is 5.10. The van der Waals surface area contributed by atoms with Crippen molar-refractivity contribution in [2.45, 2.75) is 64.2 Å². The molecule has 0 aromatic heterocycles. The Morgan fingerprint density at radius 2 is 0.667 bits per heavy atom. The van der Waals surface area contributed by atoms with Gasteiger partial charge in [-0.3, -0.25) is 0 Å². The molecule has 0 unspecified atom stereocenters. The van der Waals surface area contributed by atoms with E-state index in [1.54, 1.807) is 0 Å². The summed E-state index contributed by atoms with van der Waals surface area (Å²) in [5.74, 6) is 0. The van der Waals surface area contributed by atoms with Gasteiger partial charge in [0, 0.05) is 0 Å². The first-order chi connectivity index (χ1) is 6.73. The smallest absolute Gasteiger partial charge is 0.358 e. The predicted molar refractivity (Wildman–Crippen MR) is 71.4 cm³/mol. The van der Waals surface area contributed by atoms with Gasteiger partial charge >= 0.3 is 38.5 Å². The molecule has 0 heterocycles. The van der Waals surface area contributed by atoms with Crippen molar-refractivity contribution in [3.8, 4) is 0 Å². The van der Waals surface area contributed by atoms with Gasteiger partial charge in [0.25, 0.3) is 0 Å². The minimum absolute atomic E-state index is 0. The maximum atomic E-state index is 5.10. The molecule has 0 aromatic rings. The Morgan fingerprint density at radius 3 is 0.733 bits per heavy atom. The van der Waals surface area contributed by atoms with Crippen LogP contribution in [0.4, 0.5) is 0 Å². The van der Waals surface area contributed by atoms with Crippen molar-refractivity contribution in [1.29, 1.82) is 0 Å². The van der Waals surface area contributed by atoms with Crippen LogP contribution < -0.4 is 0 Å². The van der Waals surface area contributed by atoms with Crippen LogP contribution in [0, 0.1) is 7.43 Å². The third-order valence-corrected chi connectivity index (χ3v) is 2.50. The van der Waals surface area contributed by atoms with Gasteiger partial charge in [0.1, 0.15) is 0 Å². The summed E-state index contributed by atoms with van der Waals surface area (Å²) in [6, 6.07) is 0. The van der Waals surface area contributed by atoms with Gasteiger partial charge in [-0.05, 0) is 0 Å². The van der Waals surface area contributed by atoms with Crippen LogP contribution in [0.5, 0.6) is 0 Å². The van der Waals surface area contributed by atoms with E-state index in [1.165, 1.54) is 64.2 Å². The fraction of sp³-hybridized carbons (Fsp3) is 0.833. The first-order valence-electron chi connectivity index (χ1n) is 5.60. The van der Waals surface area contributed by atoms with Gasteiger partial charge in [-0.15, -0.1) is 0 Å². The van der Waals surface area contributed by atoms with Crippen LogP contribution >= 0.6 is 18.8 Å². The molecule has 0 nitrogen and oxygen atoms in total. The molecular weight excluding hydrogens is 311 g/mol. The van der Waals surface area contributed by atoms with Crippen LogP contribution in [-0.2, 0) is 14.8 Å². The van der Waals surface area contributed by atoms with Gasteiger partial charge < -0.3 is 7.43 Å². The largest absolute Gasteiger partial charge is 0.358 e. The Kier molecular flexibility index (Phi) is 18.7. The van der Waals surface area contributed by atoms with E-state index in [1.807, 2.05) is 0 Å². The van der Waals surface area contributed by atoms with E-state index in [-0.39, 0.29) is 7.43 Å². The predicted octanol–water partition coefficient (Wildman–Crippen LogP) is 5.70. The van der Waals surface area contributed by atoms with Gasteiger partial charge in [-0.2, -0.15) is 0 Å². The summed E-state index contributed by atoms with van der Waals surface area (Å²) in [5.41, 5.74) is 0. The molecule has 0 spiro atoms. The topological polar surface area (TPSA) is 0 Å². The fourth-order valence-corrected chi connectivity index (χ4v) is 1.77. The second-order valence-electron chi connectivity index (χ2n) is 3.81. The number of hydrogen-bond acceptors (Lipinski definition) is 0. The molecule has 94 valence electrons. The first-order valence-corrected chi connectivity index (χ1v) is 12.2. The summed E-state index contributed by atoms with van der Waals surface area (Å²) in [4.78, 5) is 3.34. The van der Waals surface area contributed by atoms with E-state index < -0.39 is 14.8 Å². The van der Waals surface area contributed by atoms with Crippen LogP contribution in [0.1, 0.15) is 64.2 Å². The van der Waals surface area contributed by atoms with E-state index in [9.17, 15) is 0 Å². The zero-order valence-corrected chi connectivity index (χ0v) is 13.5. The van der Waals surface area contributed by atoms with Crippen LogP contribution in [0.2, 0.25) is 0 Å². The van der Waals surface area contributed by atoms with Crippen molar-refractivity contribution in [3.05, 3.63) is 7.43 Å². The minimum Gasteiger partial charge on any atom is -0.358 e. The molecule has 0 N–H and O–H groups in total. The summed E-state index contributed by atoms with van der Waals surface area (Å²) in [6.07, 6.45) is 15.0. The zero-order valence-electron chi connectivity index (χ0n) is 9.94. The Morgan fingerprint density at radius 1 is 0.600 bits per heavy atom. The monoisotopic (exact) mass is 337 g/mol. The van der Waals surface area contributed by atoms with Gasteiger partial charge in [0.15, 0.2) is 0 Å². The molecule has 2 fully saturated rings. The third kappa shape index (κ3) is 21.1. The van der Waals surface area contributed by atoms with Crippen molar-refractivity contribution in [1.82, 2.24) is 0 Å². The Labute approximate surface area is 110 Å². The van der Waals surface area contributed by atoms with E-state index in [0.717, 1.165) is 0 Å². The van der Waals surface area contributed by atoms with Crippen molar-refractivity contribution in [3.63, 3.8) is 0 Å². The molecule has 15 heavy (non-hydrogen) atoms. The second kappa shape index (κ2) is 15.1. The molecule has 2 aliphatic carbocycles. The minimum atomic E-state index is -1.66. The average Bonchev–Trinajstić information content (AvgIpc) is 2.83. The number of hydrogen-bond donors (Lipinski definition) is 0. The number of halogens is 2. The normalized spacial score (nSPS) is 18.3. The Bertz CT molecular complexity index is 100. The van der Waals surface area contributed by atoms with Gasteiger partial charge in [-0.1, -0.05) is 64.2 Å². The summed E-state index contributed by atoms with van der Waals surface area (Å²) >= 11 is -1.66. The molecule has 0 aromatic carbocycles. The van der Waals surface area contributed by atoms with Crippen LogP contribution in [0.25, 0.3) is 0 Å². The molecule has 0 bridgehead atoms. The SMILES string of the molecule is C1CCCC1.C1CCCC1.[CH2]=[Mo]([Cl])[Cl].[CH3-]. The van der Waals surface area contributed by atoms with Crippen molar-refractivity contribution in [2.24, 2.45) is 0 Å². The van der Waals surface area contributed by atoms with E-state index in [4.69, 9.17) is 18.8 Å². The molecular formula is C12H25Cl2Mo-. The summed E-state index contributed by atoms with van der Waals surface area (Å²) < 4.78 is 0. The first kappa shape index (κ1) is 18.5. The van der Waals surface area contributed by atoms with Crippen LogP contribution in [0.15, 0.2) is 0 Å². The van der Waals surface area contributed by atoms with Crippen molar-refractivity contribution in [2.75, 3.05) is 0 Å². The molecule has 2 aliphatic rings. The summed E-state index contributed by atoms with van der Waals surface area (Å²) in [6.45, 7) is 0. The summed E-state index contributed by atoms with van der Waals surface area (Å²) in [5, 5.41) is 0. The Hall–Kier alpha value is 1.14. The van der Waals surface area contributed by atoms with Gasteiger partial charge in [-0.25, -0.2) is 0 Å². The fourth-order valence-electron chi connectivity index (χ4n) is 1.77.